The van der Waals surface area contributed by atoms with E-state index < -0.39 is 11.5 Å². The summed E-state index contributed by atoms with van der Waals surface area (Å²) >= 11 is 0. The fourth-order valence-electron chi connectivity index (χ4n) is 5.39. The first kappa shape index (κ1) is 19.8. The molecule has 5 atom stereocenters. The number of hydrogen-bond donors (Lipinski definition) is 1. The summed E-state index contributed by atoms with van der Waals surface area (Å²) in [5.74, 6) is 0.0272. The van der Waals surface area contributed by atoms with Crippen molar-refractivity contribution in [2.75, 3.05) is 0 Å². The monoisotopic (exact) mass is 392 g/mol. The van der Waals surface area contributed by atoms with E-state index in [0.29, 0.717) is 35.5 Å². The molecule has 4 heteroatoms. The Kier molecular flexibility index (Phi) is 4.86. The number of para-hydroxylation sites is 1. The van der Waals surface area contributed by atoms with Gasteiger partial charge in [-0.3, -0.25) is 9.59 Å². The second-order valence-electron chi connectivity index (χ2n) is 8.91. The Balaban J connectivity index is 1.88. The standard InChI is InChI=1S/C25H28O4/c1-14(2)23-21-13-18(29-17-8-6-5-7-9-17)12-19-20(10-15(3)24(19)27)25(21,28)16(4)11-22(23)26/h5-10,13,16,19-21,28H,11-12H2,1-4H3/t16-,19-,20+,21+,25+/m1/s1. The highest BCUT2D eigenvalue weighted by Gasteiger charge is 2.58. The number of ether oxygens (including phenoxy) is 1. The lowest BCUT2D eigenvalue weighted by Gasteiger charge is -2.48. The predicted molar refractivity (Wildman–Crippen MR) is 111 cm³/mol. The maximum atomic E-state index is 13.0. The van der Waals surface area contributed by atoms with Crippen LogP contribution in [0, 0.1) is 23.7 Å². The van der Waals surface area contributed by atoms with Gasteiger partial charge >= 0.3 is 0 Å². The van der Waals surface area contributed by atoms with Crippen molar-refractivity contribution < 1.29 is 19.4 Å². The highest BCUT2D eigenvalue weighted by molar-refractivity contribution is 6.01. The van der Waals surface area contributed by atoms with Gasteiger partial charge in [-0.2, -0.15) is 0 Å². The van der Waals surface area contributed by atoms with E-state index in [0.717, 1.165) is 5.57 Å². The zero-order chi connectivity index (χ0) is 20.9. The van der Waals surface area contributed by atoms with Gasteiger partial charge in [-0.25, -0.2) is 0 Å². The molecule has 152 valence electrons. The Morgan fingerprint density at radius 3 is 2.45 bits per heavy atom. The van der Waals surface area contributed by atoms with Crippen molar-refractivity contribution in [1.29, 1.82) is 0 Å². The number of carbonyl (C=O) groups is 2. The molecule has 0 radical (unpaired) electrons. The average Bonchev–Trinajstić information content (AvgIpc) is 2.88. The summed E-state index contributed by atoms with van der Waals surface area (Å²) in [4.78, 5) is 25.9. The van der Waals surface area contributed by atoms with Gasteiger partial charge in [0.1, 0.15) is 11.5 Å². The van der Waals surface area contributed by atoms with Crippen LogP contribution in [0.4, 0.5) is 0 Å². The summed E-state index contributed by atoms with van der Waals surface area (Å²) in [6.07, 6.45) is 4.54. The second kappa shape index (κ2) is 7.10. The van der Waals surface area contributed by atoms with Gasteiger partial charge in [0, 0.05) is 36.2 Å². The maximum Gasteiger partial charge on any atom is 0.162 e. The summed E-state index contributed by atoms with van der Waals surface area (Å²) in [5.41, 5.74) is 1.06. The largest absolute Gasteiger partial charge is 0.462 e. The minimum atomic E-state index is -1.19. The van der Waals surface area contributed by atoms with Gasteiger partial charge in [0.15, 0.2) is 11.6 Å². The Morgan fingerprint density at radius 1 is 1.10 bits per heavy atom. The van der Waals surface area contributed by atoms with Gasteiger partial charge in [-0.1, -0.05) is 36.8 Å². The number of Topliss-reactive ketones (excluding diaryl/α,β-unsaturated/α-hetero) is 2. The molecule has 1 fully saturated rings. The molecular formula is C25H28O4. The van der Waals surface area contributed by atoms with Gasteiger partial charge in [-0.15, -0.1) is 0 Å². The van der Waals surface area contributed by atoms with Crippen LogP contribution in [0.2, 0.25) is 0 Å². The van der Waals surface area contributed by atoms with E-state index in [-0.39, 0.29) is 29.3 Å². The number of rotatable bonds is 2. The number of allylic oxidation sites excluding steroid dienone is 3. The van der Waals surface area contributed by atoms with E-state index in [4.69, 9.17) is 4.74 Å². The minimum absolute atomic E-state index is 0.0643. The fourth-order valence-corrected chi connectivity index (χ4v) is 5.39. The summed E-state index contributed by atoms with van der Waals surface area (Å²) in [7, 11) is 0. The van der Waals surface area contributed by atoms with Gasteiger partial charge < -0.3 is 9.84 Å². The van der Waals surface area contributed by atoms with Crippen LogP contribution < -0.4 is 4.74 Å². The molecule has 0 bridgehead atoms. The second-order valence-corrected chi connectivity index (χ2v) is 8.91. The summed E-state index contributed by atoms with van der Waals surface area (Å²) in [6.45, 7) is 7.57. The van der Waals surface area contributed by atoms with Gasteiger partial charge in [0.25, 0.3) is 0 Å². The van der Waals surface area contributed by atoms with Crippen molar-refractivity contribution in [1.82, 2.24) is 0 Å². The summed E-state index contributed by atoms with van der Waals surface area (Å²) < 4.78 is 6.16. The molecule has 3 aliphatic carbocycles. The SMILES string of the molecule is CC1=C[C@H]2[C@@H](CC(Oc3ccccc3)=C[C@H]3C(=C(C)C)C(=O)C[C@@H](C)[C@@]32O)C1=O. The molecule has 3 aliphatic rings. The zero-order valence-electron chi connectivity index (χ0n) is 17.4. The third-order valence-electron chi connectivity index (χ3n) is 6.82. The third kappa shape index (κ3) is 3.10. The van der Waals surface area contributed by atoms with Crippen LogP contribution in [0.15, 0.2) is 65.0 Å². The number of aliphatic hydroxyl groups is 1. The molecule has 4 rings (SSSR count). The van der Waals surface area contributed by atoms with E-state index in [1.165, 1.54) is 0 Å². The van der Waals surface area contributed by atoms with E-state index in [2.05, 4.69) is 0 Å². The van der Waals surface area contributed by atoms with Gasteiger partial charge in [0.2, 0.25) is 0 Å². The highest BCUT2D eigenvalue weighted by Crippen LogP contribution is 2.54. The number of ketones is 2. The lowest BCUT2D eigenvalue weighted by atomic mass is 9.59. The number of benzene rings is 1. The van der Waals surface area contributed by atoms with Crippen molar-refractivity contribution in [2.45, 2.75) is 46.1 Å². The molecule has 0 aromatic heterocycles. The van der Waals surface area contributed by atoms with Crippen LogP contribution in [-0.2, 0) is 9.59 Å². The van der Waals surface area contributed by atoms with E-state index in [1.807, 2.05) is 70.2 Å². The zero-order valence-corrected chi connectivity index (χ0v) is 17.4. The van der Waals surface area contributed by atoms with Crippen molar-refractivity contribution in [3.63, 3.8) is 0 Å². The third-order valence-corrected chi connectivity index (χ3v) is 6.82. The number of fused-ring (bicyclic) bond motifs is 3. The molecule has 1 aromatic rings. The van der Waals surface area contributed by atoms with Crippen LogP contribution in [-0.4, -0.2) is 22.3 Å². The van der Waals surface area contributed by atoms with Crippen molar-refractivity contribution >= 4 is 11.6 Å². The lowest BCUT2D eigenvalue weighted by molar-refractivity contribution is -0.138. The van der Waals surface area contributed by atoms with Gasteiger partial charge in [0.05, 0.1) is 5.60 Å². The molecule has 0 aliphatic heterocycles. The van der Waals surface area contributed by atoms with Crippen molar-refractivity contribution in [3.8, 4) is 5.75 Å². The predicted octanol–water partition coefficient (Wildman–Crippen LogP) is 4.41. The molecule has 1 N–H and O–H groups in total. The summed E-state index contributed by atoms with van der Waals surface area (Å²) in [5, 5.41) is 12.1. The van der Waals surface area contributed by atoms with Crippen LogP contribution in [0.1, 0.15) is 40.5 Å². The number of carbonyl (C=O) groups excluding carboxylic acids is 2. The van der Waals surface area contributed by atoms with Crippen molar-refractivity contribution in [2.24, 2.45) is 23.7 Å². The molecule has 1 saturated carbocycles. The minimum Gasteiger partial charge on any atom is -0.462 e. The first-order valence-corrected chi connectivity index (χ1v) is 10.3. The molecule has 4 nitrogen and oxygen atoms in total. The molecule has 0 amide bonds. The van der Waals surface area contributed by atoms with Crippen molar-refractivity contribution in [3.05, 3.63) is 65.0 Å². The molecule has 1 aromatic carbocycles. The first-order chi connectivity index (χ1) is 13.7. The Labute approximate surface area is 172 Å². The van der Waals surface area contributed by atoms with Crippen LogP contribution in [0.3, 0.4) is 0 Å². The van der Waals surface area contributed by atoms with E-state index >= 15 is 0 Å². The molecule has 29 heavy (non-hydrogen) atoms. The lowest BCUT2D eigenvalue weighted by Crippen LogP contribution is -2.55. The quantitative estimate of drug-likeness (QED) is 0.758. The van der Waals surface area contributed by atoms with Gasteiger partial charge in [-0.05, 0) is 50.5 Å². The maximum absolute atomic E-state index is 13.0. The Hall–Kier alpha value is -2.46. The Bertz CT molecular complexity index is 948. The smallest absolute Gasteiger partial charge is 0.162 e. The summed E-state index contributed by atoms with van der Waals surface area (Å²) in [6, 6.07) is 9.44. The van der Waals surface area contributed by atoms with E-state index in [1.54, 1.807) is 0 Å². The van der Waals surface area contributed by atoms with Crippen LogP contribution >= 0.6 is 0 Å². The Morgan fingerprint density at radius 2 is 1.79 bits per heavy atom. The molecule has 0 spiro atoms. The highest BCUT2D eigenvalue weighted by atomic mass is 16.5. The van der Waals surface area contributed by atoms with E-state index in [9.17, 15) is 14.7 Å². The fraction of sp³-hybridized carbons (Fsp3) is 0.440. The molecular weight excluding hydrogens is 364 g/mol. The van der Waals surface area contributed by atoms with Crippen LogP contribution in [0.5, 0.6) is 5.75 Å². The number of hydrogen-bond acceptors (Lipinski definition) is 4. The molecule has 0 heterocycles. The molecule has 0 saturated heterocycles. The normalized spacial score (nSPS) is 34.0. The molecule has 0 unspecified atom stereocenters. The first-order valence-electron chi connectivity index (χ1n) is 10.3. The van der Waals surface area contributed by atoms with Crippen LogP contribution in [0.25, 0.3) is 0 Å². The average molecular weight is 392 g/mol. The topological polar surface area (TPSA) is 63.6 Å².